The Morgan fingerprint density at radius 2 is 2.00 bits per heavy atom. The molecule has 0 aliphatic rings. The molecule has 0 unspecified atom stereocenters. The topological polar surface area (TPSA) is 42.2 Å². The second kappa shape index (κ2) is 5.56. The first kappa shape index (κ1) is 11.8. The molecule has 0 fully saturated rings. The maximum absolute atomic E-state index is 5.62. The normalized spacial score (nSPS) is 9.67. The first-order valence-corrected chi connectivity index (χ1v) is 5.36. The summed E-state index contributed by atoms with van der Waals surface area (Å²) < 4.78 is 0.881. The van der Waals surface area contributed by atoms with Gasteiger partial charge in [-0.2, -0.15) is 0 Å². The summed E-state index contributed by atoms with van der Waals surface area (Å²) in [5.74, 6) is 0.851. The van der Waals surface area contributed by atoms with Crippen LogP contribution in [0.2, 0.25) is 0 Å². The highest BCUT2D eigenvalue weighted by Crippen LogP contribution is 2.25. The van der Waals surface area contributed by atoms with Crippen LogP contribution in [0.4, 0.5) is 11.5 Å². The van der Waals surface area contributed by atoms with Gasteiger partial charge in [0.05, 0.1) is 16.4 Å². The third-order valence-electron chi connectivity index (χ3n) is 1.84. The second-order valence-electron chi connectivity index (χ2n) is 3.06. The quantitative estimate of drug-likeness (QED) is 0.835. The summed E-state index contributed by atoms with van der Waals surface area (Å²) in [5, 5.41) is 0. The van der Waals surface area contributed by atoms with Gasteiger partial charge in [-0.25, -0.2) is 4.98 Å². The van der Waals surface area contributed by atoms with E-state index in [0.29, 0.717) is 5.69 Å². The third kappa shape index (κ3) is 3.09. The highest BCUT2D eigenvalue weighted by molar-refractivity contribution is 9.10. The van der Waals surface area contributed by atoms with Crippen molar-refractivity contribution in [2.24, 2.45) is 0 Å². The van der Waals surface area contributed by atoms with Gasteiger partial charge in [0.2, 0.25) is 0 Å². The van der Waals surface area contributed by atoms with E-state index in [9.17, 15) is 0 Å². The van der Waals surface area contributed by atoms with Gasteiger partial charge in [-0.05, 0) is 22.0 Å². The van der Waals surface area contributed by atoms with Gasteiger partial charge in [0, 0.05) is 13.1 Å². The summed E-state index contributed by atoms with van der Waals surface area (Å²) in [6.07, 6.45) is 5.29. The van der Waals surface area contributed by atoms with E-state index >= 15 is 0 Å². The lowest BCUT2D eigenvalue weighted by molar-refractivity contribution is 0.922. The molecule has 1 aromatic heterocycles. The summed E-state index contributed by atoms with van der Waals surface area (Å²) in [6.45, 7) is 8.87. The average molecular weight is 268 g/mol. The number of hydrogen-bond donors (Lipinski definition) is 1. The summed E-state index contributed by atoms with van der Waals surface area (Å²) >= 11 is 3.43. The monoisotopic (exact) mass is 267 g/mol. The molecular formula is C11H14BrN3. The molecule has 1 aromatic rings. The van der Waals surface area contributed by atoms with Gasteiger partial charge in [0.25, 0.3) is 0 Å². The van der Waals surface area contributed by atoms with Crippen molar-refractivity contribution >= 4 is 27.4 Å². The van der Waals surface area contributed by atoms with Crippen LogP contribution in [-0.4, -0.2) is 18.1 Å². The Bertz CT molecular complexity index is 353. The van der Waals surface area contributed by atoms with Gasteiger partial charge >= 0.3 is 0 Å². The van der Waals surface area contributed by atoms with Crippen LogP contribution in [-0.2, 0) is 0 Å². The smallest absolute Gasteiger partial charge is 0.143 e. The Labute approximate surface area is 98.4 Å². The van der Waals surface area contributed by atoms with E-state index in [1.807, 2.05) is 23.1 Å². The molecule has 0 aliphatic heterocycles. The molecule has 0 saturated carbocycles. The van der Waals surface area contributed by atoms with E-state index in [4.69, 9.17) is 5.73 Å². The van der Waals surface area contributed by atoms with Crippen molar-refractivity contribution < 1.29 is 0 Å². The average Bonchev–Trinajstić information content (AvgIpc) is 2.17. The third-order valence-corrected chi connectivity index (χ3v) is 2.42. The number of rotatable bonds is 5. The Balaban J connectivity index is 2.98. The number of halogens is 1. The maximum atomic E-state index is 5.62. The first-order chi connectivity index (χ1) is 7.19. The zero-order valence-electron chi connectivity index (χ0n) is 8.49. The van der Waals surface area contributed by atoms with Crippen LogP contribution < -0.4 is 10.6 Å². The Hall–Kier alpha value is -1.29. The molecule has 2 N–H and O–H groups in total. The number of aromatic nitrogens is 1. The van der Waals surface area contributed by atoms with Crippen LogP contribution in [0, 0.1) is 0 Å². The predicted molar refractivity (Wildman–Crippen MR) is 69.0 cm³/mol. The highest BCUT2D eigenvalue weighted by Gasteiger charge is 2.08. The van der Waals surface area contributed by atoms with Crippen LogP contribution in [0.3, 0.4) is 0 Å². The van der Waals surface area contributed by atoms with Crippen LogP contribution in [0.5, 0.6) is 0 Å². The molecule has 0 aromatic carbocycles. The molecule has 1 heterocycles. The molecule has 0 bridgehead atoms. The fourth-order valence-corrected chi connectivity index (χ4v) is 1.85. The van der Waals surface area contributed by atoms with Crippen LogP contribution in [0.15, 0.2) is 42.0 Å². The molecule has 0 saturated heterocycles. The highest BCUT2D eigenvalue weighted by atomic mass is 79.9. The first-order valence-electron chi connectivity index (χ1n) is 4.56. The van der Waals surface area contributed by atoms with Crippen LogP contribution in [0.25, 0.3) is 0 Å². The van der Waals surface area contributed by atoms with Crippen molar-refractivity contribution in [3.63, 3.8) is 0 Å². The van der Waals surface area contributed by atoms with Gasteiger partial charge < -0.3 is 10.6 Å². The van der Waals surface area contributed by atoms with E-state index in [0.717, 1.165) is 23.4 Å². The summed E-state index contributed by atoms with van der Waals surface area (Å²) in [7, 11) is 0. The zero-order valence-corrected chi connectivity index (χ0v) is 10.1. The van der Waals surface area contributed by atoms with E-state index in [2.05, 4.69) is 34.1 Å². The van der Waals surface area contributed by atoms with Gasteiger partial charge in [0.1, 0.15) is 5.82 Å². The molecule has 0 atom stereocenters. The lowest BCUT2D eigenvalue weighted by atomic mass is 10.3. The molecule has 0 radical (unpaired) electrons. The number of nitrogen functional groups attached to an aromatic ring is 1. The summed E-state index contributed by atoms with van der Waals surface area (Å²) in [5.41, 5.74) is 6.27. The summed E-state index contributed by atoms with van der Waals surface area (Å²) in [4.78, 5) is 6.32. The van der Waals surface area contributed by atoms with Gasteiger partial charge in [0.15, 0.2) is 0 Å². The number of nitrogens with two attached hydrogens (primary N) is 1. The molecule has 0 spiro atoms. The SMILES string of the molecule is C=CCN(CC=C)c1ncc(N)cc1Br. The second-order valence-corrected chi connectivity index (χ2v) is 3.91. The number of pyridine rings is 1. The molecule has 15 heavy (non-hydrogen) atoms. The molecule has 0 amide bonds. The minimum atomic E-state index is 0.641. The minimum Gasteiger partial charge on any atom is -0.397 e. The molecule has 4 heteroatoms. The van der Waals surface area contributed by atoms with Crippen molar-refractivity contribution in [1.29, 1.82) is 0 Å². The number of nitrogens with zero attached hydrogens (tertiary/aromatic N) is 2. The Kier molecular flexibility index (Phi) is 4.37. The molecule has 0 aliphatic carbocycles. The zero-order chi connectivity index (χ0) is 11.3. The molecule has 3 nitrogen and oxygen atoms in total. The largest absolute Gasteiger partial charge is 0.397 e. The van der Waals surface area contributed by atoms with E-state index in [1.54, 1.807) is 6.20 Å². The van der Waals surface area contributed by atoms with E-state index in [1.165, 1.54) is 0 Å². The maximum Gasteiger partial charge on any atom is 0.143 e. The Morgan fingerprint density at radius 1 is 1.40 bits per heavy atom. The fourth-order valence-electron chi connectivity index (χ4n) is 1.24. The molecule has 1 rings (SSSR count). The predicted octanol–water partition coefficient (Wildman–Crippen LogP) is 2.60. The fraction of sp³-hybridized carbons (Fsp3) is 0.182. The van der Waals surface area contributed by atoms with Crippen molar-refractivity contribution in [3.05, 3.63) is 42.0 Å². The van der Waals surface area contributed by atoms with E-state index in [-0.39, 0.29) is 0 Å². The van der Waals surface area contributed by atoms with Crippen LogP contribution >= 0.6 is 15.9 Å². The van der Waals surface area contributed by atoms with Crippen molar-refractivity contribution in [1.82, 2.24) is 4.98 Å². The number of anilines is 2. The van der Waals surface area contributed by atoms with Gasteiger partial charge in [-0.1, -0.05) is 12.2 Å². The molecular weight excluding hydrogens is 254 g/mol. The van der Waals surface area contributed by atoms with Crippen molar-refractivity contribution in [2.75, 3.05) is 23.7 Å². The lowest BCUT2D eigenvalue weighted by Crippen LogP contribution is -2.24. The van der Waals surface area contributed by atoms with E-state index < -0.39 is 0 Å². The molecule has 80 valence electrons. The standard InChI is InChI=1S/C11H14BrN3/c1-3-5-15(6-4-2)11-10(12)7-9(13)8-14-11/h3-4,7-8H,1-2,5-6,13H2. The van der Waals surface area contributed by atoms with Gasteiger partial charge in [-0.3, -0.25) is 0 Å². The lowest BCUT2D eigenvalue weighted by Gasteiger charge is -2.21. The van der Waals surface area contributed by atoms with Gasteiger partial charge in [-0.15, -0.1) is 13.2 Å². The van der Waals surface area contributed by atoms with Crippen molar-refractivity contribution in [3.8, 4) is 0 Å². The van der Waals surface area contributed by atoms with Crippen LogP contribution in [0.1, 0.15) is 0 Å². The minimum absolute atomic E-state index is 0.641. The summed E-state index contributed by atoms with van der Waals surface area (Å²) in [6, 6.07) is 1.83. The van der Waals surface area contributed by atoms with Crippen molar-refractivity contribution in [2.45, 2.75) is 0 Å². The number of hydrogen-bond acceptors (Lipinski definition) is 3. The Morgan fingerprint density at radius 3 is 2.47 bits per heavy atom.